The number of carbonyl (C=O) groups is 1. The van der Waals surface area contributed by atoms with Gasteiger partial charge in [-0.3, -0.25) is 4.79 Å². The summed E-state index contributed by atoms with van der Waals surface area (Å²) in [5.41, 5.74) is 2.68. The van der Waals surface area contributed by atoms with Crippen molar-refractivity contribution in [3.63, 3.8) is 0 Å². The molecule has 5 nitrogen and oxygen atoms in total. The van der Waals surface area contributed by atoms with Crippen LogP contribution in [-0.4, -0.2) is 27.2 Å². The summed E-state index contributed by atoms with van der Waals surface area (Å²) in [7, 11) is 4.88. The third-order valence-corrected chi connectivity index (χ3v) is 4.77. The van der Waals surface area contributed by atoms with Crippen molar-refractivity contribution in [2.75, 3.05) is 21.3 Å². The van der Waals surface area contributed by atoms with E-state index in [9.17, 15) is 4.79 Å². The highest BCUT2D eigenvalue weighted by molar-refractivity contribution is 5.94. The zero-order valence-corrected chi connectivity index (χ0v) is 16.8. The third-order valence-electron chi connectivity index (χ3n) is 4.77. The lowest BCUT2D eigenvalue weighted by atomic mass is 9.98. The molecule has 0 bridgehead atoms. The molecule has 0 heterocycles. The van der Waals surface area contributed by atoms with Crippen molar-refractivity contribution in [3.05, 3.63) is 89.5 Å². The fourth-order valence-corrected chi connectivity index (χ4v) is 3.07. The Hall–Kier alpha value is -3.47. The number of benzene rings is 3. The average molecular weight is 391 g/mol. The van der Waals surface area contributed by atoms with Crippen LogP contribution in [0.5, 0.6) is 17.2 Å². The van der Waals surface area contributed by atoms with Crippen molar-refractivity contribution in [2.24, 2.45) is 0 Å². The van der Waals surface area contributed by atoms with Gasteiger partial charge in [0.2, 0.25) is 0 Å². The fourth-order valence-electron chi connectivity index (χ4n) is 3.07. The van der Waals surface area contributed by atoms with Crippen molar-refractivity contribution in [2.45, 2.75) is 12.5 Å². The largest absolute Gasteiger partial charge is 0.497 e. The lowest BCUT2D eigenvalue weighted by molar-refractivity contribution is 0.0936. The third kappa shape index (κ3) is 5.29. The number of hydrogen-bond acceptors (Lipinski definition) is 4. The Kier molecular flexibility index (Phi) is 6.74. The molecule has 0 saturated heterocycles. The maximum Gasteiger partial charge on any atom is 0.251 e. The van der Waals surface area contributed by atoms with E-state index < -0.39 is 0 Å². The first-order chi connectivity index (χ1) is 14.1. The van der Waals surface area contributed by atoms with E-state index in [0.717, 1.165) is 22.6 Å². The van der Waals surface area contributed by atoms with Gasteiger partial charge in [0.05, 0.1) is 27.4 Å². The summed E-state index contributed by atoms with van der Waals surface area (Å²) in [5, 5.41) is 3.15. The Morgan fingerprint density at radius 2 is 1.17 bits per heavy atom. The SMILES string of the molecule is COc1ccc(CC(NC(=O)c2ccc(OC)cc2)c2ccc(OC)cc2)cc1. The molecule has 3 aromatic rings. The minimum absolute atomic E-state index is 0.137. The Morgan fingerprint density at radius 3 is 1.66 bits per heavy atom. The fraction of sp³-hybridized carbons (Fsp3) is 0.208. The van der Waals surface area contributed by atoms with Gasteiger partial charge in [-0.25, -0.2) is 0 Å². The molecular formula is C24H25NO4. The predicted octanol–water partition coefficient (Wildman–Crippen LogP) is 4.43. The molecule has 1 unspecified atom stereocenters. The molecular weight excluding hydrogens is 366 g/mol. The van der Waals surface area contributed by atoms with Crippen LogP contribution in [0.2, 0.25) is 0 Å². The van der Waals surface area contributed by atoms with Crippen LogP contribution in [0.4, 0.5) is 0 Å². The van der Waals surface area contributed by atoms with Gasteiger partial charge in [0.25, 0.3) is 5.91 Å². The topological polar surface area (TPSA) is 56.8 Å². The number of nitrogens with one attached hydrogen (secondary N) is 1. The maximum atomic E-state index is 12.8. The number of ether oxygens (including phenoxy) is 3. The van der Waals surface area contributed by atoms with E-state index in [4.69, 9.17) is 14.2 Å². The minimum Gasteiger partial charge on any atom is -0.497 e. The minimum atomic E-state index is -0.191. The van der Waals surface area contributed by atoms with Crippen molar-refractivity contribution in [1.29, 1.82) is 0 Å². The van der Waals surface area contributed by atoms with Gasteiger partial charge in [-0.15, -0.1) is 0 Å². The first-order valence-corrected chi connectivity index (χ1v) is 9.34. The van der Waals surface area contributed by atoms with Crippen LogP contribution in [0.15, 0.2) is 72.8 Å². The summed E-state index contributed by atoms with van der Waals surface area (Å²) in [5.74, 6) is 2.16. The van der Waals surface area contributed by atoms with Crippen LogP contribution in [0.1, 0.15) is 27.5 Å². The highest BCUT2D eigenvalue weighted by atomic mass is 16.5. The molecule has 0 aliphatic heterocycles. The van der Waals surface area contributed by atoms with E-state index in [1.165, 1.54) is 0 Å². The molecule has 0 aliphatic rings. The van der Waals surface area contributed by atoms with E-state index in [0.29, 0.717) is 17.7 Å². The molecule has 0 aromatic heterocycles. The summed E-state index contributed by atoms with van der Waals surface area (Å²) in [6.07, 6.45) is 0.651. The van der Waals surface area contributed by atoms with E-state index in [1.807, 2.05) is 48.5 Å². The van der Waals surface area contributed by atoms with Gasteiger partial charge in [0.15, 0.2) is 0 Å². The van der Waals surface area contributed by atoms with Crippen LogP contribution in [0.25, 0.3) is 0 Å². The zero-order valence-electron chi connectivity index (χ0n) is 16.8. The average Bonchev–Trinajstić information content (AvgIpc) is 2.79. The second-order valence-electron chi connectivity index (χ2n) is 6.58. The summed E-state index contributed by atoms with van der Waals surface area (Å²) in [4.78, 5) is 12.8. The lowest BCUT2D eigenvalue weighted by Crippen LogP contribution is -2.30. The monoisotopic (exact) mass is 391 g/mol. The number of amides is 1. The molecule has 3 rings (SSSR count). The van der Waals surface area contributed by atoms with E-state index in [-0.39, 0.29) is 11.9 Å². The van der Waals surface area contributed by atoms with E-state index >= 15 is 0 Å². The maximum absolute atomic E-state index is 12.8. The number of rotatable bonds is 8. The van der Waals surface area contributed by atoms with Gasteiger partial charge >= 0.3 is 0 Å². The van der Waals surface area contributed by atoms with E-state index in [2.05, 4.69) is 5.32 Å². The smallest absolute Gasteiger partial charge is 0.251 e. The molecule has 0 aliphatic carbocycles. The van der Waals surface area contributed by atoms with Crippen LogP contribution in [0, 0.1) is 0 Å². The van der Waals surface area contributed by atoms with Crippen LogP contribution in [-0.2, 0) is 6.42 Å². The van der Waals surface area contributed by atoms with Gasteiger partial charge in [-0.05, 0) is 66.1 Å². The van der Waals surface area contributed by atoms with Crippen LogP contribution < -0.4 is 19.5 Å². The van der Waals surface area contributed by atoms with Gasteiger partial charge in [0, 0.05) is 5.56 Å². The lowest BCUT2D eigenvalue weighted by Gasteiger charge is -2.20. The molecule has 5 heteroatoms. The van der Waals surface area contributed by atoms with E-state index in [1.54, 1.807) is 45.6 Å². The molecule has 0 radical (unpaired) electrons. The second kappa shape index (κ2) is 9.64. The molecule has 150 valence electrons. The molecule has 29 heavy (non-hydrogen) atoms. The Labute approximate surface area is 171 Å². The molecule has 1 amide bonds. The van der Waals surface area contributed by atoms with Gasteiger partial charge < -0.3 is 19.5 Å². The number of hydrogen-bond donors (Lipinski definition) is 1. The van der Waals surface area contributed by atoms with Gasteiger partial charge in [0.1, 0.15) is 17.2 Å². The Morgan fingerprint density at radius 1 is 0.724 bits per heavy atom. The van der Waals surface area contributed by atoms with Crippen molar-refractivity contribution < 1.29 is 19.0 Å². The highest BCUT2D eigenvalue weighted by Gasteiger charge is 2.17. The van der Waals surface area contributed by atoms with Gasteiger partial charge in [-0.1, -0.05) is 24.3 Å². The number of carbonyl (C=O) groups excluding carboxylic acids is 1. The molecule has 1 atom stereocenters. The van der Waals surface area contributed by atoms with Crippen molar-refractivity contribution in [1.82, 2.24) is 5.32 Å². The molecule has 1 N–H and O–H groups in total. The van der Waals surface area contributed by atoms with Gasteiger partial charge in [-0.2, -0.15) is 0 Å². The Balaban J connectivity index is 1.82. The van der Waals surface area contributed by atoms with Crippen LogP contribution in [0.3, 0.4) is 0 Å². The summed E-state index contributed by atoms with van der Waals surface area (Å²) in [6.45, 7) is 0. The van der Waals surface area contributed by atoms with Crippen LogP contribution >= 0.6 is 0 Å². The summed E-state index contributed by atoms with van der Waals surface area (Å²) >= 11 is 0. The predicted molar refractivity (Wildman–Crippen MR) is 113 cm³/mol. The molecule has 0 fully saturated rings. The first-order valence-electron chi connectivity index (χ1n) is 9.34. The summed E-state index contributed by atoms with van der Waals surface area (Å²) in [6, 6.07) is 22.5. The normalized spacial score (nSPS) is 11.4. The second-order valence-corrected chi connectivity index (χ2v) is 6.58. The molecule has 0 saturated carbocycles. The standard InChI is InChI=1S/C24H25NO4/c1-27-20-10-4-17(5-11-20)16-23(18-6-12-21(28-2)13-7-18)25-24(26)19-8-14-22(29-3)15-9-19/h4-15,23H,16H2,1-3H3,(H,25,26). The first kappa shape index (κ1) is 20.3. The Bertz CT molecular complexity index is 919. The van der Waals surface area contributed by atoms with Crippen molar-refractivity contribution in [3.8, 4) is 17.2 Å². The molecule has 0 spiro atoms. The highest BCUT2D eigenvalue weighted by Crippen LogP contribution is 2.23. The zero-order chi connectivity index (χ0) is 20.6. The summed E-state index contributed by atoms with van der Waals surface area (Å²) < 4.78 is 15.6. The quantitative estimate of drug-likeness (QED) is 0.617. The molecule has 3 aromatic carbocycles. The van der Waals surface area contributed by atoms with Crippen molar-refractivity contribution >= 4 is 5.91 Å². The number of methoxy groups -OCH3 is 3.